The van der Waals surface area contributed by atoms with E-state index in [-0.39, 0.29) is 11.8 Å². The summed E-state index contributed by atoms with van der Waals surface area (Å²) in [5.74, 6) is -0.994. The number of carbonyl (C=O) groups is 1. The van der Waals surface area contributed by atoms with Crippen molar-refractivity contribution in [2.24, 2.45) is 0 Å². The minimum Gasteiger partial charge on any atom is -0.476 e. The van der Waals surface area contributed by atoms with Gasteiger partial charge in [0.25, 0.3) is 0 Å². The average molecular weight is 277 g/mol. The van der Waals surface area contributed by atoms with Gasteiger partial charge < -0.3 is 9.84 Å². The van der Waals surface area contributed by atoms with Gasteiger partial charge in [0.15, 0.2) is 5.69 Å². The Labute approximate surface area is 115 Å². The van der Waals surface area contributed by atoms with Crippen molar-refractivity contribution >= 4 is 17.3 Å². The van der Waals surface area contributed by atoms with E-state index >= 15 is 0 Å². The SMILES string of the molecule is COC(C)Cc1nc(C(=O)O)c(-c2ccccc2)s1. The predicted octanol–water partition coefficient (Wildman–Crippen LogP) is 3.09. The number of methoxy groups -OCH3 is 1. The molecule has 0 aliphatic heterocycles. The lowest BCUT2D eigenvalue weighted by Gasteiger charge is -2.05. The van der Waals surface area contributed by atoms with E-state index in [0.29, 0.717) is 11.3 Å². The summed E-state index contributed by atoms with van der Waals surface area (Å²) in [7, 11) is 1.63. The molecule has 1 N–H and O–H groups in total. The highest BCUT2D eigenvalue weighted by molar-refractivity contribution is 7.15. The maximum absolute atomic E-state index is 11.3. The van der Waals surface area contributed by atoms with E-state index in [4.69, 9.17) is 4.74 Å². The molecule has 0 saturated carbocycles. The number of rotatable bonds is 5. The largest absolute Gasteiger partial charge is 0.476 e. The topological polar surface area (TPSA) is 59.4 Å². The summed E-state index contributed by atoms with van der Waals surface area (Å²) in [6.45, 7) is 1.93. The van der Waals surface area contributed by atoms with Crippen molar-refractivity contribution in [3.8, 4) is 10.4 Å². The normalized spacial score (nSPS) is 12.3. The van der Waals surface area contributed by atoms with Crippen LogP contribution in [0.2, 0.25) is 0 Å². The molecular weight excluding hydrogens is 262 g/mol. The molecule has 2 aromatic rings. The first-order valence-corrected chi connectivity index (χ1v) is 6.74. The number of carboxylic acids is 1. The van der Waals surface area contributed by atoms with E-state index in [1.807, 2.05) is 37.3 Å². The molecule has 100 valence electrons. The molecule has 4 nitrogen and oxygen atoms in total. The molecule has 0 amide bonds. The van der Waals surface area contributed by atoms with Gasteiger partial charge in [-0.15, -0.1) is 11.3 Å². The van der Waals surface area contributed by atoms with Crippen LogP contribution in [0.25, 0.3) is 10.4 Å². The van der Waals surface area contributed by atoms with Gasteiger partial charge in [-0.3, -0.25) is 0 Å². The number of benzene rings is 1. The summed E-state index contributed by atoms with van der Waals surface area (Å²) >= 11 is 1.41. The number of hydrogen-bond acceptors (Lipinski definition) is 4. The zero-order valence-electron chi connectivity index (χ0n) is 10.8. The van der Waals surface area contributed by atoms with E-state index in [0.717, 1.165) is 10.6 Å². The van der Waals surface area contributed by atoms with Gasteiger partial charge in [0.05, 0.1) is 16.0 Å². The standard InChI is InChI=1S/C14H15NO3S/c1-9(18-2)8-11-15-12(14(16)17)13(19-11)10-6-4-3-5-7-10/h3-7,9H,8H2,1-2H3,(H,16,17). The quantitative estimate of drug-likeness (QED) is 0.912. The number of aromatic nitrogens is 1. The van der Waals surface area contributed by atoms with E-state index in [2.05, 4.69) is 4.98 Å². The summed E-state index contributed by atoms with van der Waals surface area (Å²) < 4.78 is 5.19. The Morgan fingerprint density at radius 3 is 2.68 bits per heavy atom. The van der Waals surface area contributed by atoms with Gasteiger partial charge in [-0.05, 0) is 12.5 Å². The predicted molar refractivity (Wildman–Crippen MR) is 74.7 cm³/mol. The smallest absolute Gasteiger partial charge is 0.356 e. The lowest BCUT2D eigenvalue weighted by Crippen LogP contribution is -2.08. The first-order chi connectivity index (χ1) is 9.11. The molecule has 0 aliphatic carbocycles. The molecular formula is C14H15NO3S. The molecule has 1 aromatic heterocycles. The highest BCUT2D eigenvalue weighted by Gasteiger charge is 2.19. The Bertz CT molecular complexity index is 565. The molecule has 1 unspecified atom stereocenters. The Hall–Kier alpha value is -1.72. The van der Waals surface area contributed by atoms with Crippen LogP contribution in [0.3, 0.4) is 0 Å². The zero-order valence-corrected chi connectivity index (χ0v) is 11.6. The minimum absolute atomic E-state index is 0.0245. The lowest BCUT2D eigenvalue weighted by atomic mass is 10.1. The maximum atomic E-state index is 11.3. The van der Waals surface area contributed by atoms with Crippen molar-refractivity contribution in [2.45, 2.75) is 19.4 Å². The molecule has 19 heavy (non-hydrogen) atoms. The first-order valence-electron chi connectivity index (χ1n) is 5.93. The summed E-state index contributed by atoms with van der Waals surface area (Å²) in [5.41, 5.74) is 1.00. The Morgan fingerprint density at radius 1 is 1.42 bits per heavy atom. The van der Waals surface area contributed by atoms with Crippen molar-refractivity contribution < 1.29 is 14.6 Å². The maximum Gasteiger partial charge on any atom is 0.356 e. The van der Waals surface area contributed by atoms with Crippen LogP contribution in [0.4, 0.5) is 0 Å². The second-order valence-electron chi connectivity index (χ2n) is 4.21. The summed E-state index contributed by atoms with van der Waals surface area (Å²) in [5, 5.41) is 10.0. The van der Waals surface area contributed by atoms with Crippen LogP contribution in [0.15, 0.2) is 30.3 Å². The molecule has 5 heteroatoms. The van der Waals surface area contributed by atoms with Gasteiger partial charge >= 0.3 is 5.97 Å². The van der Waals surface area contributed by atoms with Crippen molar-refractivity contribution in [3.63, 3.8) is 0 Å². The summed E-state index contributed by atoms with van der Waals surface area (Å²) in [4.78, 5) is 16.2. The fraction of sp³-hybridized carbons (Fsp3) is 0.286. The average Bonchev–Trinajstić information content (AvgIpc) is 2.83. The Kier molecular flexibility index (Phi) is 4.29. The molecule has 0 spiro atoms. The zero-order chi connectivity index (χ0) is 13.8. The lowest BCUT2D eigenvalue weighted by molar-refractivity contribution is 0.0691. The van der Waals surface area contributed by atoms with Crippen LogP contribution in [-0.2, 0) is 11.2 Å². The number of ether oxygens (including phenoxy) is 1. The van der Waals surface area contributed by atoms with Crippen LogP contribution in [-0.4, -0.2) is 29.3 Å². The fourth-order valence-corrected chi connectivity index (χ4v) is 2.89. The van der Waals surface area contributed by atoms with Gasteiger partial charge in [-0.25, -0.2) is 9.78 Å². The third-order valence-corrected chi connectivity index (χ3v) is 3.90. The molecule has 1 atom stereocenters. The van der Waals surface area contributed by atoms with Gasteiger partial charge in [0.1, 0.15) is 0 Å². The number of carboxylic acid groups (broad SMARTS) is 1. The van der Waals surface area contributed by atoms with E-state index in [1.165, 1.54) is 11.3 Å². The van der Waals surface area contributed by atoms with Crippen molar-refractivity contribution in [3.05, 3.63) is 41.0 Å². The van der Waals surface area contributed by atoms with Crippen LogP contribution in [0.1, 0.15) is 22.4 Å². The Balaban J connectivity index is 2.39. The van der Waals surface area contributed by atoms with Gasteiger partial charge in [0.2, 0.25) is 0 Å². The van der Waals surface area contributed by atoms with Crippen molar-refractivity contribution in [1.82, 2.24) is 4.98 Å². The minimum atomic E-state index is -0.994. The Morgan fingerprint density at radius 2 is 2.11 bits per heavy atom. The van der Waals surface area contributed by atoms with Gasteiger partial charge in [-0.2, -0.15) is 0 Å². The monoisotopic (exact) mass is 277 g/mol. The van der Waals surface area contributed by atoms with Crippen molar-refractivity contribution in [1.29, 1.82) is 0 Å². The fourth-order valence-electron chi connectivity index (χ4n) is 1.71. The molecule has 2 rings (SSSR count). The number of nitrogens with zero attached hydrogens (tertiary/aromatic N) is 1. The van der Waals surface area contributed by atoms with Crippen molar-refractivity contribution in [2.75, 3.05) is 7.11 Å². The number of aromatic carboxylic acids is 1. The second kappa shape index (κ2) is 5.95. The van der Waals surface area contributed by atoms with Crippen LogP contribution >= 0.6 is 11.3 Å². The third-order valence-electron chi connectivity index (χ3n) is 2.77. The van der Waals surface area contributed by atoms with Gasteiger partial charge in [-0.1, -0.05) is 30.3 Å². The molecule has 0 bridgehead atoms. The molecule has 0 aliphatic rings. The summed E-state index contributed by atoms with van der Waals surface area (Å²) in [6.07, 6.45) is 0.644. The van der Waals surface area contributed by atoms with E-state index in [9.17, 15) is 9.90 Å². The summed E-state index contributed by atoms with van der Waals surface area (Å²) in [6, 6.07) is 9.46. The first kappa shape index (κ1) is 13.7. The van der Waals surface area contributed by atoms with Crippen LogP contribution < -0.4 is 0 Å². The van der Waals surface area contributed by atoms with Gasteiger partial charge in [0, 0.05) is 13.5 Å². The third kappa shape index (κ3) is 3.19. The highest BCUT2D eigenvalue weighted by Crippen LogP contribution is 2.31. The van der Waals surface area contributed by atoms with E-state index < -0.39 is 5.97 Å². The number of thiazole rings is 1. The van der Waals surface area contributed by atoms with Crippen LogP contribution in [0, 0.1) is 0 Å². The molecule has 1 aromatic carbocycles. The van der Waals surface area contributed by atoms with E-state index in [1.54, 1.807) is 7.11 Å². The highest BCUT2D eigenvalue weighted by atomic mass is 32.1. The molecule has 0 saturated heterocycles. The number of hydrogen-bond donors (Lipinski definition) is 1. The molecule has 0 fully saturated rings. The second-order valence-corrected chi connectivity index (χ2v) is 5.29. The molecule has 0 radical (unpaired) electrons. The van der Waals surface area contributed by atoms with Crippen LogP contribution in [0.5, 0.6) is 0 Å². The molecule has 1 heterocycles.